The van der Waals surface area contributed by atoms with Crippen LogP contribution >= 0.6 is 0 Å². The number of hydrogen-bond acceptors (Lipinski definition) is 2. The SMILES string of the molecule is c1ccc(-c2ccc(N(c3cccc(-c4ccccc4-c4ccc5c6ccccc6n(-c6cccc7c6oc6ccccc67)c5c4)c3)c3cccc4ccccc34)cc2)cc1. The number of benzene rings is 10. The second-order valence-corrected chi connectivity index (χ2v) is 15.7. The first-order chi connectivity index (χ1) is 30.3. The molecule has 0 radical (unpaired) electrons. The summed E-state index contributed by atoms with van der Waals surface area (Å²) >= 11 is 0. The van der Waals surface area contributed by atoms with Gasteiger partial charge in [0.15, 0.2) is 5.58 Å². The monoisotopic (exact) mass is 778 g/mol. The summed E-state index contributed by atoms with van der Waals surface area (Å²) in [5.41, 5.74) is 15.4. The Bertz CT molecular complexity index is 3590. The maximum absolute atomic E-state index is 6.62. The summed E-state index contributed by atoms with van der Waals surface area (Å²) in [6, 6.07) is 82.9. The van der Waals surface area contributed by atoms with Gasteiger partial charge in [0.2, 0.25) is 0 Å². The van der Waals surface area contributed by atoms with E-state index in [1.807, 2.05) is 6.07 Å². The molecule has 0 spiro atoms. The molecule has 12 rings (SSSR count). The highest BCUT2D eigenvalue weighted by atomic mass is 16.3. The van der Waals surface area contributed by atoms with E-state index in [1.54, 1.807) is 0 Å². The summed E-state index contributed by atoms with van der Waals surface area (Å²) in [6.07, 6.45) is 0. The van der Waals surface area contributed by atoms with Crippen LogP contribution in [0.25, 0.3) is 93.6 Å². The molecule has 0 unspecified atom stereocenters. The first-order valence-electron chi connectivity index (χ1n) is 20.8. The number of fused-ring (bicyclic) bond motifs is 7. The van der Waals surface area contributed by atoms with Gasteiger partial charge < -0.3 is 13.9 Å². The molecule has 0 aliphatic carbocycles. The van der Waals surface area contributed by atoms with E-state index >= 15 is 0 Å². The van der Waals surface area contributed by atoms with Gasteiger partial charge in [0.05, 0.1) is 22.4 Å². The average Bonchev–Trinajstić information content (AvgIpc) is 3.88. The van der Waals surface area contributed by atoms with Gasteiger partial charge in [-0.2, -0.15) is 0 Å². The smallest absolute Gasteiger partial charge is 0.159 e. The molecule has 0 bridgehead atoms. The lowest BCUT2D eigenvalue weighted by Gasteiger charge is -2.27. The Kier molecular flexibility index (Phi) is 8.17. The molecule has 0 amide bonds. The van der Waals surface area contributed by atoms with E-state index in [-0.39, 0.29) is 0 Å². The van der Waals surface area contributed by atoms with Crippen molar-refractivity contribution in [2.75, 3.05) is 4.90 Å². The van der Waals surface area contributed by atoms with Crippen LogP contribution in [-0.4, -0.2) is 4.57 Å². The van der Waals surface area contributed by atoms with Gasteiger partial charge in [0.25, 0.3) is 0 Å². The van der Waals surface area contributed by atoms with Crippen LogP contribution in [0.15, 0.2) is 235 Å². The summed E-state index contributed by atoms with van der Waals surface area (Å²) in [7, 11) is 0. The highest BCUT2D eigenvalue weighted by Gasteiger charge is 2.20. The van der Waals surface area contributed by atoms with Gasteiger partial charge in [0, 0.05) is 38.3 Å². The molecule has 12 aromatic rings. The van der Waals surface area contributed by atoms with Crippen molar-refractivity contribution in [1.82, 2.24) is 4.57 Å². The molecule has 2 aromatic heterocycles. The van der Waals surface area contributed by atoms with Crippen molar-refractivity contribution in [2.24, 2.45) is 0 Å². The Labute approximate surface area is 353 Å². The van der Waals surface area contributed by atoms with Crippen LogP contribution < -0.4 is 4.90 Å². The largest absolute Gasteiger partial charge is 0.454 e. The Balaban J connectivity index is 1.01. The average molecular weight is 779 g/mol. The first kappa shape index (κ1) is 34.9. The second kappa shape index (κ2) is 14.3. The van der Waals surface area contributed by atoms with Crippen molar-refractivity contribution in [3.05, 3.63) is 231 Å². The third-order valence-electron chi connectivity index (χ3n) is 12.2. The van der Waals surface area contributed by atoms with Crippen LogP contribution in [-0.2, 0) is 0 Å². The maximum atomic E-state index is 6.62. The van der Waals surface area contributed by atoms with Crippen LogP contribution in [0.3, 0.4) is 0 Å². The van der Waals surface area contributed by atoms with E-state index in [4.69, 9.17) is 4.42 Å². The predicted molar refractivity (Wildman–Crippen MR) is 257 cm³/mol. The van der Waals surface area contributed by atoms with Gasteiger partial charge in [-0.25, -0.2) is 0 Å². The number of anilines is 3. The third kappa shape index (κ3) is 5.82. The zero-order valence-electron chi connectivity index (χ0n) is 33.2. The van der Waals surface area contributed by atoms with Gasteiger partial charge in [-0.05, 0) is 93.4 Å². The van der Waals surface area contributed by atoms with E-state index in [9.17, 15) is 0 Å². The van der Waals surface area contributed by atoms with Crippen molar-refractivity contribution in [2.45, 2.75) is 0 Å². The van der Waals surface area contributed by atoms with Crippen LogP contribution in [0.4, 0.5) is 17.1 Å². The minimum atomic E-state index is 0.888. The van der Waals surface area contributed by atoms with Crippen molar-refractivity contribution in [3.8, 4) is 39.1 Å². The maximum Gasteiger partial charge on any atom is 0.159 e. The molecule has 0 saturated heterocycles. The number of nitrogens with zero attached hydrogens (tertiary/aromatic N) is 2. The summed E-state index contributed by atoms with van der Waals surface area (Å²) < 4.78 is 9.00. The Morgan fingerprint density at radius 2 is 0.934 bits per heavy atom. The second-order valence-electron chi connectivity index (χ2n) is 15.7. The van der Waals surface area contributed by atoms with Crippen LogP contribution in [0.1, 0.15) is 0 Å². The van der Waals surface area contributed by atoms with E-state index in [1.165, 1.54) is 43.8 Å². The normalized spacial score (nSPS) is 11.6. The number of para-hydroxylation sites is 3. The molecule has 0 aliphatic heterocycles. The quantitative estimate of drug-likeness (QED) is 0.161. The lowest BCUT2D eigenvalue weighted by atomic mass is 9.93. The molecule has 0 saturated carbocycles. The third-order valence-corrected chi connectivity index (χ3v) is 12.2. The van der Waals surface area contributed by atoms with Crippen molar-refractivity contribution >= 4 is 71.6 Å². The lowest BCUT2D eigenvalue weighted by Crippen LogP contribution is -2.10. The Morgan fingerprint density at radius 1 is 0.344 bits per heavy atom. The molecule has 0 fully saturated rings. The zero-order chi connectivity index (χ0) is 40.3. The minimum Gasteiger partial charge on any atom is -0.454 e. The topological polar surface area (TPSA) is 21.3 Å². The highest BCUT2D eigenvalue weighted by Crippen LogP contribution is 2.44. The summed E-state index contributed by atoms with van der Waals surface area (Å²) in [5.74, 6) is 0. The fourth-order valence-electron chi connectivity index (χ4n) is 9.37. The summed E-state index contributed by atoms with van der Waals surface area (Å²) in [6.45, 7) is 0. The standard InChI is InChI=1S/C58H38N2O/c1-2-15-39(16-3-1)40-31-34-44(35-32-40)59(53-28-13-18-41-17-4-5-23-48(41)53)45-20-12-19-42(37-45)46-21-6-7-22-47(46)43-33-36-50-49-24-8-10-27-54(49)60(56(50)38-43)55-29-14-26-52-51-25-9-11-30-57(51)61-58(52)55/h1-38H. The molecule has 10 aromatic carbocycles. The summed E-state index contributed by atoms with van der Waals surface area (Å²) in [5, 5.41) is 7.06. The molecule has 61 heavy (non-hydrogen) atoms. The van der Waals surface area contributed by atoms with Crippen molar-refractivity contribution in [1.29, 1.82) is 0 Å². The number of aromatic nitrogens is 1. The van der Waals surface area contributed by atoms with Gasteiger partial charge >= 0.3 is 0 Å². The molecular formula is C58H38N2O. The van der Waals surface area contributed by atoms with Crippen LogP contribution in [0.2, 0.25) is 0 Å². The van der Waals surface area contributed by atoms with E-state index in [0.717, 1.165) is 66.8 Å². The van der Waals surface area contributed by atoms with Gasteiger partial charge in [-0.15, -0.1) is 0 Å². The molecule has 3 nitrogen and oxygen atoms in total. The van der Waals surface area contributed by atoms with Crippen LogP contribution in [0, 0.1) is 0 Å². The van der Waals surface area contributed by atoms with Gasteiger partial charge in [-0.3, -0.25) is 0 Å². The molecule has 0 N–H and O–H groups in total. The highest BCUT2D eigenvalue weighted by molar-refractivity contribution is 6.13. The van der Waals surface area contributed by atoms with Crippen molar-refractivity contribution in [3.63, 3.8) is 0 Å². The first-order valence-corrected chi connectivity index (χ1v) is 20.8. The van der Waals surface area contributed by atoms with E-state index in [2.05, 4.69) is 234 Å². The van der Waals surface area contributed by atoms with E-state index < -0.39 is 0 Å². The Morgan fingerprint density at radius 3 is 1.79 bits per heavy atom. The fourth-order valence-corrected chi connectivity index (χ4v) is 9.37. The minimum absolute atomic E-state index is 0.888. The summed E-state index contributed by atoms with van der Waals surface area (Å²) in [4.78, 5) is 2.40. The zero-order valence-corrected chi connectivity index (χ0v) is 33.2. The molecule has 0 atom stereocenters. The lowest BCUT2D eigenvalue weighted by molar-refractivity contribution is 0.666. The number of rotatable bonds is 7. The number of hydrogen-bond donors (Lipinski definition) is 0. The van der Waals surface area contributed by atoms with E-state index in [0.29, 0.717) is 0 Å². The van der Waals surface area contributed by atoms with Crippen molar-refractivity contribution < 1.29 is 4.42 Å². The Hall–Kier alpha value is -8.14. The van der Waals surface area contributed by atoms with Gasteiger partial charge in [-0.1, -0.05) is 176 Å². The number of furan rings is 1. The molecule has 286 valence electrons. The van der Waals surface area contributed by atoms with Crippen LogP contribution in [0.5, 0.6) is 0 Å². The fraction of sp³-hybridized carbons (Fsp3) is 0. The molecule has 3 heteroatoms. The molecule has 2 heterocycles. The molecule has 0 aliphatic rings. The van der Waals surface area contributed by atoms with Gasteiger partial charge in [0.1, 0.15) is 5.58 Å². The molecular weight excluding hydrogens is 741 g/mol. The predicted octanol–water partition coefficient (Wildman–Crippen LogP) is 16.3.